The second kappa shape index (κ2) is 6.61. The molecule has 0 unspecified atom stereocenters. The highest BCUT2D eigenvalue weighted by Crippen LogP contribution is 2.33. The van der Waals surface area contributed by atoms with Crippen molar-refractivity contribution in [2.24, 2.45) is 0 Å². The van der Waals surface area contributed by atoms with Crippen LogP contribution in [0.2, 0.25) is 0 Å². The van der Waals surface area contributed by atoms with Crippen LogP contribution in [-0.4, -0.2) is 13.1 Å². The summed E-state index contributed by atoms with van der Waals surface area (Å²) in [4.78, 5) is 0. The van der Waals surface area contributed by atoms with Crippen molar-refractivity contribution in [2.75, 3.05) is 18.8 Å². The van der Waals surface area contributed by atoms with E-state index in [1.165, 1.54) is 0 Å². The van der Waals surface area contributed by atoms with E-state index in [1.807, 2.05) is 19.9 Å². The van der Waals surface area contributed by atoms with E-state index in [0.717, 1.165) is 30.7 Å². The fourth-order valence-electron chi connectivity index (χ4n) is 1.89. The molecule has 0 bridgehead atoms. The van der Waals surface area contributed by atoms with Crippen molar-refractivity contribution in [3.05, 3.63) is 35.4 Å². The average molecular weight is 272 g/mol. The molecule has 1 aromatic carbocycles. The van der Waals surface area contributed by atoms with Crippen molar-refractivity contribution in [1.29, 1.82) is 0 Å². The van der Waals surface area contributed by atoms with E-state index < -0.39 is 11.7 Å². The molecule has 0 spiro atoms. The molecule has 0 radical (unpaired) electrons. The molecule has 2 nitrogen and oxygen atoms in total. The summed E-state index contributed by atoms with van der Waals surface area (Å²) in [6.07, 6.45) is -1.73. The van der Waals surface area contributed by atoms with Crippen LogP contribution < -0.4 is 11.1 Å². The van der Waals surface area contributed by atoms with Crippen LogP contribution >= 0.6 is 0 Å². The highest BCUT2D eigenvalue weighted by atomic mass is 19.4. The maximum absolute atomic E-state index is 12.6. The van der Waals surface area contributed by atoms with Gasteiger partial charge in [-0.2, -0.15) is 13.2 Å². The third-order valence-corrected chi connectivity index (χ3v) is 2.72. The van der Waals surface area contributed by atoms with E-state index in [2.05, 4.69) is 5.32 Å². The Morgan fingerprint density at radius 1 is 1.16 bits per heavy atom. The molecule has 5 heteroatoms. The van der Waals surface area contributed by atoms with E-state index in [9.17, 15) is 13.2 Å². The molecular weight excluding hydrogens is 253 g/mol. The van der Waals surface area contributed by atoms with Gasteiger partial charge in [0.05, 0.1) is 5.56 Å². The van der Waals surface area contributed by atoms with Crippen LogP contribution in [0, 0.1) is 0 Å². The molecule has 2 rings (SSSR count). The fraction of sp³-hybridized carbons (Fsp3) is 0.429. The molecular formula is C14H19F3N2. The summed E-state index contributed by atoms with van der Waals surface area (Å²) in [5.74, 6) is 0. The molecule has 0 aromatic heterocycles. The Bertz CT molecular complexity index is 450. The summed E-state index contributed by atoms with van der Waals surface area (Å²) in [5, 5.41) is 3.11. The minimum absolute atomic E-state index is 0.147. The number of hydrogen-bond acceptors (Lipinski definition) is 2. The highest BCUT2D eigenvalue weighted by Gasteiger charge is 2.31. The Labute approximate surface area is 111 Å². The van der Waals surface area contributed by atoms with E-state index in [0.29, 0.717) is 12.1 Å². The summed E-state index contributed by atoms with van der Waals surface area (Å²) in [6.45, 7) is 5.47. The van der Waals surface area contributed by atoms with Gasteiger partial charge in [0.2, 0.25) is 0 Å². The summed E-state index contributed by atoms with van der Waals surface area (Å²) in [6, 6.07) is 3.71. The normalized spacial score (nSPS) is 15.3. The maximum atomic E-state index is 12.6. The number of nitrogens with two attached hydrogens (primary N) is 1. The Morgan fingerprint density at radius 2 is 1.84 bits per heavy atom. The number of anilines is 1. The van der Waals surface area contributed by atoms with E-state index in [-0.39, 0.29) is 5.69 Å². The van der Waals surface area contributed by atoms with Gasteiger partial charge in [-0.1, -0.05) is 19.9 Å². The van der Waals surface area contributed by atoms with Crippen LogP contribution in [0.1, 0.15) is 31.4 Å². The third kappa shape index (κ3) is 4.28. The standard InChI is InChI=1S/C12H13F3N2.C2H6/c13-12(14,15)10-5-9(6-11(16)7-10)8-1-3-17-4-2-8;1-2/h1,5-7,17H,2-4,16H2;1-2H3. The van der Waals surface area contributed by atoms with Crippen LogP contribution in [0.15, 0.2) is 24.3 Å². The fourth-order valence-corrected chi connectivity index (χ4v) is 1.89. The van der Waals surface area contributed by atoms with Crippen molar-refractivity contribution in [2.45, 2.75) is 26.4 Å². The molecule has 1 heterocycles. The number of hydrogen-bond donors (Lipinski definition) is 2. The average Bonchev–Trinajstić information content (AvgIpc) is 2.40. The Morgan fingerprint density at radius 3 is 2.37 bits per heavy atom. The SMILES string of the molecule is CC.Nc1cc(C2=CCNCC2)cc(C(F)(F)F)c1. The summed E-state index contributed by atoms with van der Waals surface area (Å²) >= 11 is 0. The predicted octanol–water partition coefficient (Wildman–Crippen LogP) is 3.69. The minimum atomic E-state index is -4.35. The lowest BCUT2D eigenvalue weighted by Crippen LogP contribution is -2.20. The Balaban J connectivity index is 0.000000861. The Kier molecular flexibility index (Phi) is 5.42. The van der Waals surface area contributed by atoms with Gasteiger partial charge < -0.3 is 11.1 Å². The second-order valence-corrected chi connectivity index (χ2v) is 4.02. The quantitative estimate of drug-likeness (QED) is 0.765. The van der Waals surface area contributed by atoms with Crippen LogP contribution in [0.25, 0.3) is 5.57 Å². The number of halogens is 3. The van der Waals surface area contributed by atoms with Crippen LogP contribution in [0.3, 0.4) is 0 Å². The van der Waals surface area contributed by atoms with Gasteiger partial charge in [-0.05, 0) is 42.3 Å². The van der Waals surface area contributed by atoms with Crippen molar-refractivity contribution in [3.63, 3.8) is 0 Å². The molecule has 1 aliphatic heterocycles. The van der Waals surface area contributed by atoms with Crippen molar-refractivity contribution in [1.82, 2.24) is 5.32 Å². The van der Waals surface area contributed by atoms with E-state index >= 15 is 0 Å². The third-order valence-electron chi connectivity index (χ3n) is 2.72. The molecule has 0 aliphatic carbocycles. The molecule has 1 aromatic rings. The van der Waals surface area contributed by atoms with Crippen LogP contribution in [0.5, 0.6) is 0 Å². The molecule has 0 amide bonds. The molecule has 19 heavy (non-hydrogen) atoms. The molecule has 1 aliphatic rings. The largest absolute Gasteiger partial charge is 0.416 e. The number of nitrogens with one attached hydrogen (secondary N) is 1. The lowest BCUT2D eigenvalue weighted by molar-refractivity contribution is -0.137. The first-order valence-electron chi connectivity index (χ1n) is 6.35. The molecule has 0 saturated carbocycles. The Hall–Kier alpha value is -1.49. The monoisotopic (exact) mass is 272 g/mol. The lowest BCUT2D eigenvalue weighted by atomic mass is 9.97. The van der Waals surface area contributed by atoms with Gasteiger partial charge in [-0.3, -0.25) is 0 Å². The van der Waals surface area contributed by atoms with Gasteiger partial charge in [0.1, 0.15) is 0 Å². The first kappa shape index (κ1) is 15.6. The molecule has 0 saturated heterocycles. The van der Waals surface area contributed by atoms with Crippen molar-refractivity contribution < 1.29 is 13.2 Å². The smallest absolute Gasteiger partial charge is 0.399 e. The zero-order valence-electron chi connectivity index (χ0n) is 11.1. The van der Waals surface area contributed by atoms with Crippen LogP contribution in [0.4, 0.5) is 18.9 Å². The molecule has 0 atom stereocenters. The van der Waals surface area contributed by atoms with Crippen LogP contribution in [-0.2, 0) is 6.18 Å². The predicted molar refractivity (Wildman–Crippen MR) is 72.7 cm³/mol. The lowest BCUT2D eigenvalue weighted by Gasteiger charge is -2.16. The molecule has 0 fully saturated rings. The summed E-state index contributed by atoms with van der Waals surface area (Å²) < 4.78 is 37.9. The van der Waals surface area contributed by atoms with E-state index in [4.69, 9.17) is 5.73 Å². The number of nitrogen functional groups attached to an aromatic ring is 1. The van der Waals surface area contributed by atoms with Crippen molar-refractivity contribution >= 4 is 11.3 Å². The van der Waals surface area contributed by atoms with Gasteiger partial charge >= 0.3 is 6.18 Å². The zero-order valence-corrected chi connectivity index (χ0v) is 11.1. The molecule has 3 N–H and O–H groups in total. The van der Waals surface area contributed by atoms with Crippen molar-refractivity contribution in [3.8, 4) is 0 Å². The van der Waals surface area contributed by atoms with Gasteiger partial charge in [0, 0.05) is 12.2 Å². The number of alkyl halides is 3. The van der Waals surface area contributed by atoms with E-state index in [1.54, 1.807) is 6.07 Å². The van der Waals surface area contributed by atoms with Gasteiger partial charge in [0.15, 0.2) is 0 Å². The zero-order chi connectivity index (χ0) is 14.5. The first-order valence-corrected chi connectivity index (χ1v) is 6.35. The number of rotatable bonds is 1. The minimum Gasteiger partial charge on any atom is -0.399 e. The first-order chi connectivity index (χ1) is 8.97. The highest BCUT2D eigenvalue weighted by molar-refractivity contribution is 5.70. The summed E-state index contributed by atoms with van der Waals surface area (Å²) in [7, 11) is 0. The van der Waals surface area contributed by atoms with Gasteiger partial charge in [0.25, 0.3) is 0 Å². The van der Waals surface area contributed by atoms with Gasteiger partial charge in [-0.25, -0.2) is 0 Å². The molecule has 106 valence electrons. The summed E-state index contributed by atoms with van der Waals surface area (Å²) in [5.41, 5.74) is 6.47. The second-order valence-electron chi connectivity index (χ2n) is 4.02. The maximum Gasteiger partial charge on any atom is 0.416 e. The van der Waals surface area contributed by atoms with Gasteiger partial charge in [-0.15, -0.1) is 0 Å². The number of benzene rings is 1. The topological polar surface area (TPSA) is 38.0 Å².